The highest BCUT2D eigenvalue weighted by molar-refractivity contribution is 6.32. The molecule has 9 nitrogen and oxygen atoms in total. The van der Waals surface area contributed by atoms with Gasteiger partial charge in [0.25, 0.3) is 0 Å². The van der Waals surface area contributed by atoms with Crippen molar-refractivity contribution in [2.24, 2.45) is 0 Å². The topological polar surface area (TPSA) is 91.2 Å². The number of halogens is 1. The Kier molecular flexibility index (Phi) is 5.86. The molecule has 0 spiro atoms. The molecule has 4 heterocycles. The molecule has 156 valence electrons. The van der Waals surface area contributed by atoms with E-state index >= 15 is 0 Å². The Bertz CT molecular complexity index is 885. The standard InChI is InChI=1S/C19H27ClN8O/c1-13-16(12-28(25-13)14-4-8-26(2)11-14)23-19-22-10-15(20)18(24-19)21-6-3-7-27-9-5-17(27)29/h10,12,14H,3-9,11H2,1-2H3,(H2,21,22,23,24). The Morgan fingerprint density at radius 3 is 2.90 bits per heavy atom. The van der Waals surface area contributed by atoms with Gasteiger partial charge in [0.1, 0.15) is 10.8 Å². The fourth-order valence-corrected chi connectivity index (χ4v) is 3.82. The van der Waals surface area contributed by atoms with Gasteiger partial charge in [-0.1, -0.05) is 11.6 Å². The second kappa shape index (κ2) is 8.54. The Hall–Kier alpha value is -2.39. The van der Waals surface area contributed by atoms with E-state index in [1.165, 1.54) is 0 Å². The zero-order valence-electron chi connectivity index (χ0n) is 16.9. The number of anilines is 3. The first-order chi connectivity index (χ1) is 14.0. The number of rotatable bonds is 8. The molecule has 2 aliphatic heterocycles. The van der Waals surface area contributed by atoms with E-state index in [0.717, 1.165) is 50.4 Å². The van der Waals surface area contributed by atoms with Gasteiger partial charge in [0.15, 0.2) is 0 Å². The quantitative estimate of drug-likeness (QED) is 0.502. The Labute approximate surface area is 175 Å². The summed E-state index contributed by atoms with van der Waals surface area (Å²) in [6.45, 7) is 6.39. The van der Waals surface area contributed by atoms with E-state index < -0.39 is 0 Å². The van der Waals surface area contributed by atoms with E-state index in [0.29, 0.717) is 35.8 Å². The van der Waals surface area contributed by atoms with Crippen LogP contribution >= 0.6 is 11.6 Å². The van der Waals surface area contributed by atoms with Crippen LogP contribution in [0.25, 0.3) is 0 Å². The molecule has 2 aromatic heterocycles. The number of likely N-dealkylation sites (tertiary alicyclic amines) is 2. The van der Waals surface area contributed by atoms with Crippen LogP contribution in [0.5, 0.6) is 0 Å². The number of hydrogen-bond acceptors (Lipinski definition) is 7. The summed E-state index contributed by atoms with van der Waals surface area (Å²) >= 11 is 6.24. The van der Waals surface area contributed by atoms with Crippen molar-refractivity contribution in [3.63, 3.8) is 0 Å². The number of carbonyl (C=O) groups is 1. The second-order valence-corrected chi connectivity index (χ2v) is 8.15. The van der Waals surface area contributed by atoms with E-state index in [9.17, 15) is 4.79 Å². The van der Waals surface area contributed by atoms with Gasteiger partial charge in [-0.05, 0) is 33.4 Å². The number of nitrogens with one attached hydrogen (secondary N) is 2. The number of amides is 1. The molecule has 4 rings (SSSR count). The lowest BCUT2D eigenvalue weighted by atomic mass is 10.2. The van der Waals surface area contributed by atoms with Crippen LogP contribution in [0.2, 0.25) is 5.02 Å². The lowest BCUT2D eigenvalue weighted by Gasteiger charge is -2.30. The van der Waals surface area contributed by atoms with Gasteiger partial charge in [0.2, 0.25) is 11.9 Å². The van der Waals surface area contributed by atoms with Gasteiger partial charge in [-0.2, -0.15) is 10.1 Å². The molecule has 0 bridgehead atoms. The molecule has 1 atom stereocenters. The zero-order valence-corrected chi connectivity index (χ0v) is 17.6. The van der Waals surface area contributed by atoms with Gasteiger partial charge in [-0.15, -0.1) is 0 Å². The SMILES string of the molecule is Cc1nn(C2CCN(C)C2)cc1Nc1ncc(Cl)c(NCCCN2CCC2=O)n1. The first kappa shape index (κ1) is 19.9. The molecule has 1 amide bonds. The molecule has 10 heteroatoms. The van der Waals surface area contributed by atoms with Crippen molar-refractivity contribution in [3.8, 4) is 0 Å². The van der Waals surface area contributed by atoms with E-state index in [-0.39, 0.29) is 5.91 Å². The third-order valence-corrected chi connectivity index (χ3v) is 5.77. The third-order valence-electron chi connectivity index (χ3n) is 5.49. The second-order valence-electron chi connectivity index (χ2n) is 7.74. The molecule has 0 saturated carbocycles. The van der Waals surface area contributed by atoms with E-state index in [2.05, 4.69) is 37.6 Å². The van der Waals surface area contributed by atoms with Gasteiger partial charge >= 0.3 is 0 Å². The van der Waals surface area contributed by atoms with Crippen molar-refractivity contribution in [2.75, 3.05) is 50.4 Å². The van der Waals surface area contributed by atoms with E-state index in [1.807, 2.05) is 22.7 Å². The molecular weight excluding hydrogens is 392 g/mol. The lowest BCUT2D eigenvalue weighted by molar-refractivity contribution is -0.139. The number of carbonyl (C=O) groups excluding carboxylic acids is 1. The smallest absolute Gasteiger partial charge is 0.229 e. The summed E-state index contributed by atoms with van der Waals surface area (Å²) in [4.78, 5) is 24.3. The number of hydrogen-bond donors (Lipinski definition) is 2. The number of aryl methyl sites for hydroxylation is 1. The third kappa shape index (κ3) is 4.62. The zero-order chi connectivity index (χ0) is 20.4. The largest absolute Gasteiger partial charge is 0.369 e. The van der Waals surface area contributed by atoms with Crippen LogP contribution < -0.4 is 10.6 Å². The Balaban J connectivity index is 1.36. The summed E-state index contributed by atoms with van der Waals surface area (Å²) in [5.74, 6) is 1.29. The molecule has 2 aromatic rings. The highest BCUT2D eigenvalue weighted by atomic mass is 35.5. The minimum absolute atomic E-state index is 0.233. The summed E-state index contributed by atoms with van der Waals surface area (Å²) in [6.07, 6.45) is 6.23. The maximum atomic E-state index is 11.3. The summed E-state index contributed by atoms with van der Waals surface area (Å²) < 4.78 is 2.04. The highest BCUT2D eigenvalue weighted by Gasteiger charge is 2.23. The molecule has 2 fully saturated rings. The minimum atomic E-state index is 0.233. The highest BCUT2D eigenvalue weighted by Crippen LogP contribution is 2.26. The first-order valence-electron chi connectivity index (χ1n) is 10.0. The molecule has 2 saturated heterocycles. The fraction of sp³-hybridized carbons (Fsp3) is 0.579. The van der Waals surface area contributed by atoms with Crippen LogP contribution in [-0.4, -0.2) is 75.2 Å². The summed E-state index contributed by atoms with van der Waals surface area (Å²) in [7, 11) is 2.13. The molecule has 0 aliphatic carbocycles. The number of aromatic nitrogens is 4. The fourth-order valence-electron chi connectivity index (χ4n) is 3.67. The summed E-state index contributed by atoms with van der Waals surface area (Å²) in [5, 5.41) is 11.6. The van der Waals surface area contributed by atoms with Crippen LogP contribution in [-0.2, 0) is 4.79 Å². The molecule has 0 radical (unpaired) electrons. The lowest BCUT2D eigenvalue weighted by Crippen LogP contribution is -2.44. The van der Waals surface area contributed by atoms with Crippen molar-refractivity contribution >= 4 is 35.0 Å². The first-order valence-corrected chi connectivity index (χ1v) is 10.4. The molecule has 1 unspecified atom stereocenters. The van der Waals surface area contributed by atoms with Gasteiger partial charge in [-0.25, -0.2) is 4.98 Å². The van der Waals surface area contributed by atoms with Crippen LogP contribution in [0.15, 0.2) is 12.4 Å². The predicted octanol–water partition coefficient (Wildman–Crippen LogP) is 2.29. The van der Waals surface area contributed by atoms with Crippen molar-refractivity contribution in [3.05, 3.63) is 23.1 Å². The van der Waals surface area contributed by atoms with Crippen molar-refractivity contribution in [1.29, 1.82) is 0 Å². The van der Waals surface area contributed by atoms with Crippen molar-refractivity contribution < 1.29 is 4.79 Å². The number of nitrogens with zero attached hydrogens (tertiary/aromatic N) is 6. The predicted molar refractivity (Wildman–Crippen MR) is 113 cm³/mol. The maximum absolute atomic E-state index is 11.3. The molecular formula is C19H27ClN8O. The van der Waals surface area contributed by atoms with Crippen LogP contribution in [0.1, 0.15) is 31.0 Å². The summed E-state index contributed by atoms with van der Waals surface area (Å²) in [5.41, 5.74) is 1.80. The molecule has 29 heavy (non-hydrogen) atoms. The Morgan fingerprint density at radius 1 is 1.34 bits per heavy atom. The number of likely N-dealkylation sites (N-methyl/N-ethyl adjacent to an activating group) is 1. The Morgan fingerprint density at radius 2 is 2.21 bits per heavy atom. The van der Waals surface area contributed by atoms with Crippen LogP contribution in [0.4, 0.5) is 17.5 Å². The monoisotopic (exact) mass is 418 g/mol. The normalized spacial score (nSPS) is 19.5. The van der Waals surface area contributed by atoms with Gasteiger partial charge in [0, 0.05) is 38.8 Å². The van der Waals surface area contributed by atoms with E-state index in [1.54, 1.807) is 6.20 Å². The minimum Gasteiger partial charge on any atom is -0.369 e. The average Bonchev–Trinajstić information content (AvgIpc) is 3.28. The van der Waals surface area contributed by atoms with Gasteiger partial charge in [0.05, 0.1) is 23.6 Å². The molecule has 2 aliphatic rings. The van der Waals surface area contributed by atoms with Crippen molar-refractivity contribution in [1.82, 2.24) is 29.5 Å². The molecule has 0 aromatic carbocycles. The van der Waals surface area contributed by atoms with E-state index in [4.69, 9.17) is 11.6 Å². The van der Waals surface area contributed by atoms with Gasteiger partial charge < -0.3 is 20.4 Å². The van der Waals surface area contributed by atoms with Gasteiger partial charge in [-0.3, -0.25) is 9.48 Å². The number of β-lactam (4-membered cyclic amide) rings is 1. The molecule has 2 N–H and O–H groups in total. The van der Waals surface area contributed by atoms with Crippen LogP contribution in [0, 0.1) is 6.92 Å². The van der Waals surface area contributed by atoms with Crippen molar-refractivity contribution in [2.45, 2.75) is 32.2 Å². The van der Waals surface area contributed by atoms with Crippen LogP contribution in [0.3, 0.4) is 0 Å². The maximum Gasteiger partial charge on any atom is 0.229 e. The summed E-state index contributed by atoms with van der Waals surface area (Å²) in [6, 6.07) is 0.399. The average molecular weight is 419 g/mol.